The molecular formula is C15H17N7O2S2. The first-order chi connectivity index (χ1) is 12.5. The zero-order valence-electron chi connectivity index (χ0n) is 14.1. The van der Waals surface area contributed by atoms with Crippen molar-refractivity contribution in [2.24, 2.45) is 0 Å². The van der Waals surface area contributed by atoms with Crippen molar-refractivity contribution in [3.63, 3.8) is 0 Å². The fourth-order valence-corrected chi connectivity index (χ4v) is 5.60. The van der Waals surface area contributed by atoms with Crippen LogP contribution in [0.5, 0.6) is 0 Å². The number of aromatic nitrogens is 5. The Morgan fingerprint density at radius 1 is 1.42 bits per heavy atom. The van der Waals surface area contributed by atoms with Crippen LogP contribution in [0.2, 0.25) is 0 Å². The van der Waals surface area contributed by atoms with Gasteiger partial charge in [-0.3, -0.25) is 14.6 Å². The third-order valence-electron chi connectivity index (χ3n) is 4.40. The van der Waals surface area contributed by atoms with Gasteiger partial charge in [-0.2, -0.15) is 0 Å². The van der Waals surface area contributed by atoms with E-state index in [1.54, 1.807) is 29.1 Å². The molecule has 0 saturated carbocycles. The average Bonchev–Trinajstić information content (AvgIpc) is 3.23. The van der Waals surface area contributed by atoms with Crippen LogP contribution in [-0.2, 0) is 9.59 Å². The van der Waals surface area contributed by atoms with Gasteiger partial charge in [-0.05, 0) is 36.4 Å². The van der Waals surface area contributed by atoms with E-state index in [0.717, 1.165) is 4.90 Å². The Labute approximate surface area is 158 Å². The molecule has 0 spiro atoms. The number of amides is 2. The van der Waals surface area contributed by atoms with Gasteiger partial charge in [-0.15, -0.1) is 28.6 Å². The molecule has 26 heavy (non-hydrogen) atoms. The minimum atomic E-state index is -0.509. The van der Waals surface area contributed by atoms with Crippen molar-refractivity contribution in [1.29, 1.82) is 0 Å². The van der Waals surface area contributed by atoms with E-state index in [4.69, 9.17) is 0 Å². The van der Waals surface area contributed by atoms with Gasteiger partial charge in [0, 0.05) is 22.0 Å². The predicted molar refractivity (Wildman–Crippen MR) is 96.1 cm³/mol. The number of nitrogens with one attached hydrogen (secondary N) is 2. The number of carbonyl (C=O) groups is 2. The Balaban J connectivity index is 1.40. The monoisotopic (exact) mass is 391 g/mol. The van der Waals surface area contributed by atoms with Crippen molar-refractivity contribution in [1.82, 2.24) is 35.8 Å². The van der Waals surface area contributed by atoms with Crippen molar-refractivity contribution in [3.05, 3.63) is 30.4 Å². The molecule has 3 atom stereocenters. The molecule has 2 aromatic heterocycles. The SMILES string of the molecule is CC1(C)S[C@H]2C(NC(=O)CSc3ccncc3)C(=O)N2C1c1nnn[nH]1. The maximum absolute atomic E-state index is 12.6. The molecule has 11 heteroatoms. The summed E-state index contributed by atoms with van der Waals surface area (Å²) in [6, 6.07) is 2.95. The number of hydrogen-bond donors (Lipinski definition) is 2. The molecule has 2 aliphatic rings. The highest BCUT2D eigenvalue weighted by Gasteiger charge is 2.63. The zero-order chi connectivity index (χ0) is 18.3. The van der Waals surface area contributed by atoms with Gasteiger partial charge < -0.3 is 10.2 Å². The van der Waals surface area contributed by atoms with Crippen LogP contribution in [0.4, 0.5) is 0 Å². The maximum Gasteiger partial charge on any atom is 0.249 e. The van der Waals surface area contributed by atoms with E-state index in [9.17, 15) is 9.59 Å². The van der Waals surface area contributed by atoms with Gasteiger partial charge >= 0.3 is 0 Å². The zero-order valence-corrected chi connectivity index (χ0v) is 15.8. The molecule has 136 valence electrons. The van der Waals surface area contributed by atoms with E-state index in [-0.39, 0.29) is 33.7 Å². The molecule has 2 unspecified atom stereocenters. The van der Waals surface area contributed by atoms with Crippen LogP contribution in [-0.4, -0.2) is 64.2 Å². The molecule has 4 heterocycles. The molecule has 0 aliphatic carbocycles. The Morgan fingerprint density at radius 3 is 2.88 bits per heavy atom. The summed E-state index contributed by atoms with van der Waals surface area (Å²) >= 11 is 3.07. The summed E-state index contributed by atoms with van der Waals surface area (Å²) in [6.45, 7) is 4.10. The molecule has 2 amide bonds. The molecule has 2 aliphatic heterocycles. The van der Waals surface area contributed by atoms with Crippen LogP contribution in [0, 0.1) is 0 Å². The second-order valence-electron chi connectivity index (χ2n) is 6.56. The number of hydrogen-bond acceptors (Lipinski definition) is 8. The van der Waals surface area contributed by atoms with Gasteiger partial charge in [0.15, 0.2) is 5.82 Å². The van der Waals surface area contributed by atoms with Crippen molar-refractivity contribution in [3.8, 4) is 0 Å². The van der Waals surface area contributed by atoms with Crippen LogP contribution >= 0.6 is 23.5 Å². The van der Waals surface area contributed by atoms with Crippen LogP contribution in [0.1, 0.15) is 25.7 Å². The lowest BCUT2D eigenvalue weighted by atomic mass is 9.95. The number of β-lactam (4-membered cyclic amide) rings is 1. The maximum atomic E-state index is 12.6. The van der Waals surface area contributed by atoms with Crippen LogP contribution in [0.25, 0.3) is 0 Å². The van der Waals surface area contributed by atoms with Gasteiger partial charge in [0.05, 0.1) is 5.75 Å². The lowest BCUT2D eigenvalue weighted by molar-refractivity contribution is -0.151. The van der Waals surface area contributed by atoms with E-state index in [2.05, 4.69) is 44.8 Å². The summed E-state index contributed by atoms with van der Waals surface area (Å²) in [5, 5.41) is 16.7. The summed E-state index contributed by atoms with van der Waals surface area (Å²) in [6.07, 6.45) is 3.37. The molecule has 0 bridgehead atoms. The third-order valence-corrected chi connectivity index (χ3v) is 6.98. The molecule has 4 rings (SSSR count). The smallest absolute Gasteiger partial charge is 0.249 e. The number of thioether (sulfide) groups is 2. The first kappa shape index (κ1) is 17.3. The summed E-state index contributed by atoms with van der Waals surface area (Å²) in [7, 11) is 0. The van der Waals surface area contributed by atoms with E-state index in [0.29, 0.717) is 5.82 Å². The number of H-pyrrole nitrogens is 1. The van der Waals surface area contributed by atoms with E-state index >= 15 is 0 Å². The van der Waals surface area contributed by atoms with Crippen molar-refractivity contribution < 1.29 is 9.59 Å². The average molecular weight is 391 g/mol. The van der Waals surface area contributed by atoms with Crippen LogP contribution in [0.3, 0.4) is 0 Å². The van der Waals surface area contributed by atoms with Crippen molar-refractivity contribution >= 4 is 35.3 Å². The summed E-state index contributed by atoms with van der Waals surface area (Å²) < 4.78 is -0.257. The number of tetrazole rings is 1. The molecule has 2 aromatic rings. The number of nitrogens with zero attached hydrogens (tertiary/aromatic N) is 5. The topological polar surface area (TPSA) is 117 Å². The van der Waals surface area contributed by atoms with Crippen LogP contribution in [0.15, 0.2) is 29.4 Å². The first-order valence-electron chi connectivity index (χ1n) is 8.03. The van der Waals surface area contributed by atoms with E-state index < -0.39 is 6.04 Å². The molecule has 2 N–H and O–H groups in total. The largest absolute Gasteiger partial charge is 0.341 e. The second-order valence-corrected chi connectivity index (χ2v) is 9.38. The van der Waals surface area contributed by atoms with Gasteiger partial charge in [0.25, 0.3) is 0 Å². The fourth-order valence-electron chi connectivity index (χ4n) is 3.27. The molecule has 2 saturated heterocycles. The second kappa shape index (κ2) is 6.54. The highest BCUT2D eigenvalue weighted by atomic mass is 32.2. The molecule has 0 aromatic carbocycles. The number of aromatic amines is 1. The lowest BCUT2D eigenvalue weighted by Crippen LogP contribution is -2.68. The highest BCUT2D eigenvalue weighted by Crippen LogP contribution is 2.56. The Bertz CT molecular complexity index is 815. The van der Waals surface area contributed by atoms with E-state index in [1.165, 1.54) is 11.8 Å². The molecular weight excluding hydrogens is 374 g/mol. The van der Waals surface area contributed by atoms with Crippen LogP contribution < -0.4 is 5.32 Å². The van der Waals surface area contributed by atoms with Gasteiger partial charge in [-0.25, -0.2) is 5.10 Å². The number of fused-ring (bicyclic) bond motifs is 1. The number of pyridine rings is 1. The first-order valence-corrected chi connectivity index (χ1v) is 9.90. The quantitative estimate of drug-likeness (QED) is 0.562. The Morgan fingerprint density at radius 2 is 2.19 bits per heavy atom. The minimum Gasteiger partial charge on any atom is -0.341 e. The third kappa shape index (κ3) is 2.94. The minimum absolute atomic E-state index is 0.100. The lowest BCUT2D eigenvalue weighted by Gasteiger charge is -2.44. The summed E-state index contributed by atoms with van der Waals surface area (Å²) in [4.78, 5) is 31.6. The molecule has 0 radical (unpaired) electrons. The van der Waals surface area contributed by atoms with E-state index in [1.807, 2.05) is 12.1 Å². The van der Waals surface area contributed by atoms with Gasteiger partial charge in [0.1, 0.15) is 17.5 Å². The number of rotatable bonds is 5. The van der Waals surface area contributed by atoms with Gasteiger partial charge in [0.2, 0.25) is 11.8 Å². The van der Waals surface area contributed by atoms with Crippen molar-refractivity contribution in [2.75, 3.05) is 5.75 Å². The normalized spacial score (nSPS) is 26.3. The summed E-state index contributed by atoms with van der Waals surface area (Å²) in [5.41, 5.74) is 0. The highest BCUT2D eigenvalue weighted by molar-refractivity contribution is 8.01. The molecule has 2 fully saturated rings. The van der Waals surface area contributed by atoms with Gasteiger partial charge in [-0.1, -0.05) is 0 Å². The summed E-state index contributed by atoms with van der Waals surface area (Å²) in [5.74, 6) is 0.561. The predicted octanol–water partition coefficient (Wildman–Crippen LogP) is 0.607. The standard InChI is InChI=1S/C15H17N7O2S2/c1-15(2)11(12-18-20-21-19-12)22-13(24)10(14(22)26-15)17-9(23)7-25-8-3-5-16-6-4-8/h3-6,10-11,14H,7H2,1-2H3,(H,17,23)(H,18,19,20,21)/t10?,11?,14-/m0/s1. The molecule has 9 nitrogen and oxygen atoms in total. The fraction of sp³-hybridized carbons (Fsp3) is 0.467. The Hall–Kier alpha value is -2.14. The Kier molecular flexibility index (Phi) is 4.35. The number of carbonyl (C=O) groups excluding carboxylic acids is 2. The van der Waals surface area contributed by atoms with Crippen molar-refractivity contribution in [2.45, 2.75) is 40.9 Å².